The van der Waals surface area contributed by atoms with Gasteiger partial charge in [-0.05, 0) is 18.2 Å². The highest BCUT2D eigenvalue weighted by Crippen LogP contribution is 2.23. The van der Waals surface area contributed by atoms with E-state index in [9.17, 15) is 13.2 Å². The third kappa shape index (κ3) is 4.12. The third-order valence-corrected chi connectivity index (χ3v) is 3.20. The summed E-state index contributed by atoms with van der Waals surface area (Å²) < 4.78 is 29.4. The van der Waals surface area contributed by atoms with Gasteiger partial charge >= 0.3 is 5.97 Å². The molecular weight excluding hydrogens is 268 g/mol. The molecule has 17 heavy (non-hydrogen) atoms. The van der Waals surface area contributed by atoms with Crippen molar-refractivity contribution in [2.75, 3.05) is 23.3 Å². The van der Waals surface area contributed by atoms with E-state index in [1.165, 1.54) is 18.2 Å². The molecule has 0 aliphatic carbocycles. The van der Waals surface area contributed by atoms with Crippen molar-refractivity contribution < 1.29 is 17.9 Å². The Morgan fingerprint density at radius 1 is 1.53 bits per heavy atom. The van der Waals surface area contributed by atoms with Gasteiger partial charge in [-0.15, -0.1) is 0 Å². The maximum atomic E-state index is 11.5. The molecule has 0 saturated heterocycles. The Morgan fingerprint density at radius 3 is 2.71 bits per heavy atom. The molecule has 94 valence electrons. The SMILES string of the molecule is COC(=O)CS(=O)(=O)Nc1ccc(Cl)cc1N. The van der Waals surface area contributed by atoms with Gasteiger partial charge in [0.25, 0.3) is 0 Å². The standard InChI is InChI=1S/C9H11ClN2O4S/c1-16-9(13)5-17(14,15)12-8-3-2-6(10)4-7(8)11/h2-4,12H,5,11H2,1H3. The number of nitrogen functional groups attached to an aromatic ring is 1. The Labute approximate surface area is 104 Å². The molecule has 0 heterocycles. The normalized spacial score (nSPS) is 10.9. The first-order valence-electron chi connectivity index (χ1n) is 4.46. The first-order valence-corrected chi connectivity index (χ1v) is 6.49. The molecule has 3 N–H and O–H groups in total. The molecule has 0 bridgehead atoms. The minimum absolute atomic E-state index is 0.165. The van der Waals surface area contributed by atoms with Gasteiger partial charge in [-0.3, -0.25) is 9.52 Å². The van der Waals surface area contributed by atoms with E-state index < -0.39 is 21.7 Å². The smallest absolute Gasteiger partial charge is 0.322 e. The quantitative estimate of drug-likeness (QED) is 0.628. The molecule has 0 spiro atoms. The molecule has 0 atom stereocenters. The minimum Gasteiger partial charge on any atom is -0.468 e. The Morgan fingerprint density at radius 2 is 2.18 bits per heavy atom. The first kappa shape index (κ1) is 13.6. The largest absolute Gasteiger partial charge is 0.468 e. The zero-order valence-electron chi connectivity index (χ0n) is 8.94. The van der Waals surface area contributed by atoms with Crippen LogP contribution in [0.1, 0.15) is 0 Å². The highest BCUT2D eigenvalue weighted by atomic mass is 35.5. The third-order valence-electron chi connectivity index (χ3n) is 1.81. The van der Waals surface area contributed by atoms with E-state index in [1.807, 2.05) is 0 Å². The van der Waals surface area contributed by atoms with Crippen molar-refractivity contribution in [1.29, 1.82) is 0 Å². The zero-order valence-corrected chi connectivity index (χ0v) is 10.5. The van der Waals surface area contributed by atoms with Crippen LogP contribution in [-0.4, -0.2) is 27.2 Å². The van der Waals surface area contributed by atoms with E-state index in [-0.39, 0.29) is 11.4 Å². The molecule has 1 rings (SSSR count). The number of anilines is 2. The van der Waals surface area contributed by atoms with Crippen LogP contribution in [0.25, 0.3) is 0 Å². The van der Waals surface area contributed by atoms with Crippen molar-refractivity contribution in [3.05, 3.63) is 23.2 Å². The molecule has 1 aromatic rings. The summed E-state index contributed by atoms with van der Waals surface area (Å²) in [5.74, 6) is -1.63. The van der Waals surface area contributed by atoms with Crippen LogP contribution >= 0.6 is 11.6 Å². The molecule has 0 aliphatic heterocycles. The number of halogens is 1. The Kier molecular flexibility index (Phi) is 4.19. The second-order valence-corrected chi connectivity index (χ2v) is 5.33. The fourth-order valence-electron chi connectivity index (χ4n) is 1.04. The number of nitrogens with two attached hydrogens (primary N) is 1. The molecule has 0 saturated carbocycles. The van der Waals surface area contributed by atoms with Gasteiger partial charge in [-0.1, -0.05) is 11.6 Å². The molecule has 8 heteroatoms. The fraction of sp³-hybridized carbons (Fsp3) is 0.222. The second kappa shape index (κ2) is 5.24. The van der Waals surface area contributed by atoms with Gasteiger partial charge in [-0.2, -0.15) is 0 Å². The number of esters is 1. The van der Waals surface area contributed by atoms with Crippen LogP contribution < -0.4 is 10.5 Å². The van der Waals surface area contributed by atoms with Crippen molar-refractivity contribution in [2.45, 2.75) is 0 Å². The Balaban J connectivity index is 2.87. The molecule has 0 unspecified atom stereocenters. The van der Waals surface area contributed by atoms with Crippen molar-refractivity contribution in [3.63, 3.8) is 0 Å². The van der Waals surface area contributed by atoms with Gasteiger partial charge in [0, 0.05) is 5.02 Å². The number of rotatable bonds is 4. The van der Waals surface area contributed by atoms with Gasteiger partial charge in [0.15, 0.2) is 5.75 Å². The maximum Gasteiger partial charge on any atom is 0.322 e. The lowest BCUT2D eigenvalue weighted by Gasteiger charge is -2.09. The summed E-state index contributed by atoms with van der Waals surface area (Å²) in [7, 11) is -2.72. The fourth-order valence-corrected chi connectivity index (χ4v) is 2.25. The van der Waals surface area contributed by atoms with Crippen LogP contribution in [0.2, 0.25) is 5.02 Å². The number of nitrogens with one attached hydrogen (secondary N) is 1. The molecule has 0 aliphatic rings. The molecule has 0 radical (unpaired) electrons. The molecular formula is C9H11ClN2O4S. The number of hydrogen-bond acceptors (Lipinski definition) is 5. The second-order valence-electron chi connectivity index (χ2n) is 3.17. The van der Waals surface area contributed by atoms with Crippen LogP contribution in [0, 0.1) is 0 Å². The van der Waals surface area contributed by atoms with Gasteiger partial charge in [0.2, 0.25) is 10.0 Å². The predicted molar refractivity (Wildman–Crippen MR) is 65.3 cm³/mol. The predicted octanol–water partition coefficient (Wildman–Crippen LogP) is 0.837. The molecule has 0 fully saturated rings. The molecule has 1 aromatic carbocycles. The van der Waals surface area contributed by atoms with Gasteiger partial charge in [-0.25, -0.2) is 8.42 Å². The number of ether oxygens (including phenoxy) is 1. The monoisotopic (exact) mass is 278 g/mol. The van der Waals surface area contributed by atoms with E-state index in [0.717, 1.165) is 7.11 Å². The lowest BCUT2D eigenvalue weighted by atomic mass is 10.3. The van der Waals surface area contributed by atoms with Crippen LogP contribution in [0.3, 0.4) is 0 Å². The minimum atomic E-state index is -3.83. The lowest BCUT2D eigenvalue weighted by molar-refractivity contribution is -0.137. The zero-order chi connectivity index (χ0) is 13.1. The average Bonchev–Trinajstić information content (AvgIpc) is 2.21. The topological polar surface area (TPSA) is 98.5 Å². The van der Waals surface area contributed by atoms with E-state index in [0.29, 0.717) is 5.02 Å². The Hall–Kier alpha value is -1.47. The number of hydrogen-bond donors (Lipinski definition) is 2. The summed E-state index contributed by atoms with van der Waals surface area (Å²) in [6, 6.07) is 4.29. The number of sulfonamides is 1. The summed E-state index contributed by atoms with van der Waals surface area (Å²) in [6.07, 6.45) is 0. The number of carbonyl (C=O) groups is 1. The van der Waals surface area contributed by atoms with E-state index in [1.54, 1.807) is 0 Å². The summed E-state index contributed by atoms with van der Waals surface area (Å²) >= 11 is 5.66. The number of methoxy groups -OCH3 is 1. The summed E-state index contributed by atoms with van der Waals surface area (Å²) in [6.45, 7) is 0. The highest BCUT2D eigenvalue weighted by Gasteiger charge is 2.17. The summed E-state index contributed by atoms with van der Waals surface area (Å²) in [4.78, 5) is 10.9. The van der Waals surface area contributed by atoms with Crippen LogP contribution in [0.5, 0.6) is 0 Å². The van der Waals surface area contributed by atoms with E-state index in [2.05, 4.69) is 9.46 Å². The van der Waals surface area contributed by atoms with E-state index >= 15 is 0 Å². The van der Waals surface area contributed by atoms with E-state index in [4.69, 9.17) is 17.3 Å². The van der Waals surface area contributed by atoms with Crippen molar-refractivity contribution in [3.8, 4) is 0 Å². The Bertz CT molecular complexity index is 530. The number of carbonyl (C=O) groups excluding carboxylic acids is 1. The number of benzene rings is 1. The highest BCUT2D eigenvalue weighted by molar-refractivity contribution is 7.93. The molecule has 0 amide bonds. The van der Waals surface area contributed by atoms with Crippen molar-refractivity contribution in [2.24, 2.45) is 0 Å². The molecule has 0 aromatic heterocycles. The lowest BCUT2D eigenvalue weighted by Crippen LogP contribution is -2.24. The van der Waals surface area contributed by atoms with Crippen molar-refractivity contribution in [1.82, 2.24) is 0 Å². The van der Waals surface area contributed by atoms with Gasteiger partial charge < -0.3 is 10.5 Å². The van der Waals surface area contributed by atoms with Crippen LogP contribution in [-0.2, 0) is 19.6 Å². The maximum absolute atomic E-state index is 11.5. The summed E-state index contributed by atoms with van der Waals surface area (Å²) in [5.41, 5.74) is 5.90. The van der Waals surface area contributed by atoms with Gasteiger partial charge in [0.05, 0.1) is 18.5 Å². The van der Waals surface area contributed by atoms with Crippen LogP contribution in [0.15, 0.2) is 18.2 Å². The first-order chi connectivity index (χ1) is 7.84. The van der Waals surface area contributed by atoms with Gasteiger partial charge in [0.1, 0.15) is 0 Å². The van der Waals surface area contributed by atoms with Crippen LogP contribution in [0.4, 0.5) is 11.4 Å². The van der Waals surface area contributed by atoms with Crippen molar-refractivity contribution >= 4 is 39.0 Å². The average molecular weight is 279 g/mol. The summed E-state index contributed by atoms with van der Waals surface area (Å²) in [5, 5.41) is 0.387. The molecule has 6 nitrogen and oxygen atoms in total.